The lowest BCUT2D eigenvalue weighted by Gasteiger charge is -2.04. The van der Waals surface area contributed by atoms with Crippen LogP contribution >= 0.6 is 27.3 Å². The van der Waals surface area contributed by atoms with Crippen molar-refractivity contribution < 1.29 is 4.79 Å². The van der Waals surface area contributed by atoms with Gasteiger partial charge < -0.3 is 5.32 Å². The first-order valence-corrected chi connectivity index (χ1v) is 7.13. The van der Waals surface area contributed by atoms with Crippen molar-refractivity contribution in [3.05, 3.63) is 39.3 Å². The molecule has 0 radical (unpaired) electrons. The number of benzene rings is 1. The summed E-state index contributed by atoms with van der Waals surface area (Å²) >= 11 is 4.71. The molecule has 0 fully saturated rings. The highest BCUT2D eigenvalue weighted by Gasteiger charge is 2.14. The molecule has 0 aliphatic carbocycles. The van der Waals surface area contributed by atoms with Crippen LogP contribution in [0.1, 0.15) is 15.9 Å². The van der Waals surface area contributed by atoms with E-state index in [0.717, 1.165) is 22.4 Å². The van der Waals surface area contributed by atoms with E-state index in [1.165, 1.54) is 16.9 Å². The monoisotopic (exact) mass is 323 g/mol. The molecule has 2 aromatic rings. The van der Waals surface area contributed by atoms with Crippen LogP contribution in [0.3, 0.4) is 0 Å². The normalized spacial score (nSPS) is 12.9. The number of aromatic nitrogens is 1. The molecule has 92 valence electrons. The molecular weight excluding hydrogens is 314 g/mol. The maximum absolute atomic E-state index is 12.0. The first-order chi connectivity index (χ1) is 8.72. The van der Waals surface area contributed by atoms with E-state index in [0.29, 0.717) is 10.7 Å². The van der Waals surface area contributed by atoms with Crippen LogP contribution in [-0.4, -0.2) is 17.4 Å². The van der Waals surface area contributed by atoms with Gasteiger partial charge in [-0.25, -0.2) is 4.98 Å². The van der Waals surface area contributed by atoms with Gasteiger partial charge >= 0.3 is 0 Å². The SMILES string of the molecule is O=C(Nc1ncc(Br)s1)c1ccc2c(c1)CCN2. The Balaban J connectivity index is 1.80. The van der Waals surface area contributed by atoms with Crippen LogP contribution in [0.2, 0.25) is 0 Å². The number of anilines is 2. The van der Waals surface area contributed by atoms with Crippen molar-refractivity contribution in [1.82, 2.24) is 4.98 Å². The van der Waals surface area contributed by atoms with Crippen molar-refractivity contribution >= 4 is 44.0 Å². The number of hydrogen-bond acceptors (Lipinski definition) is 4. The molecule has 6 heteroatoms. The summed E-state index contributed by atoms with van der Waals surface area (Å²) in [5, 5.41) is 6.66. The molecule has 1 aromatic heterocycles. The fraction of sp³-hybridized carbons (Fsp3) is 0.167. The summed E-state index contributed by atoms with van der Waals surface area (Å²) in [6, 6.07) is 5.72. The molecule has 0 saturated heterocycles. The predicted molar refractivity (Wildman–Crippen MR) is 76.4 cm³/mol. The summed E-state index contributed by atoms with van der Waals surface area (Å²) in [7, 11) is 0. The number of hydrogen-bond donors (Lipinski definition) is 2. The van der Waals surface area contributed by atoms with Gasteiger partial charge in [0.05, 0.1) is 9.98 Å². The van der Waals surface area contributed by atoms with E-state index >= 15 is 0 Å². The summed E-state index contributed by atoms with van der Waals surface area (Å²) in [6.07, 6.45) is 2.64. The number of halogens is 1. The number of nitrogens with zero attached hydrogens (tertiary/aromatic N) is 1. The largest absolute Gasteiger partial charge is 0.384 e. The molecular formula is C12H10BrN3OS. The lowest BCUT2D eigenvalue weighted by Crippen LogP contribution is -2.11. The number of thiazole rings is 1. The minimum Gasteiger partial charge on any atom is -0.384 e. The maximum Gasteiger partial charge on any atom is 0.257 e. The molecule has 0 unspecified atom stereocenters. The van der Waals surface area contributed by atoms with Gasteiger partial charge in [-0.15, -0.1) is 0 Å². The van der Waals surface area contributed by atoms with Gasteiger partial charge in [-0.05, 0) is 46.1 Å². The molecule has 1 aromatic carbocycles. The van der Waals surface area contributed by atoms with E-state index in [4.69, 9.17) is 0 Å². The van der Waals surface area contributed by atoms with Gasteiger partial charge in [0.25, 0.3) is 5.91 Å². The van der Waals surface area contributed by atoms with Crippen LogP contribution < -0.4 is 10.6 Å². The number of carbonyl (C=O) groups is 1. The van der Waals surface area contributed by atoms with Gasteiger partial charge in [0.15, 0.2) is 5.13 Å². The molecule has 1 aliphatic rings. The fourth-order valence-corrected chi connectivity index (χ4v) is 3.03. The van der Waals surface area contributed by atoms with Crippen molar-refractivity contribution in [1.29, 1.82) is 0 Å². The third-order valence-electron chi connectivity index (χ3n) is 2.78. The Hall–Kier alpha value is -1.40. The molecule has 3 rings (SSSR count). The topological polar surface area (TPSA) is 54.0 Å². The highest BCUT2D eigenvalue weighted by Crippen LogP contribution is 2.25. The minimum atomic E-state index is -0.119. The number of amides is 1. The maximum atomic E-state index is 12.0. The third kappa shape index (κ3) is 2.26. The van der Waals surface area contributed by atoms with Crippen molar-refractivity contribution in [2.45, 2.75) is 6.42 Å². The average molecular weight is 324 g/mol. The minimum absolute atomic E-state index is 0.119. The average Bonchev–Trinajstić information content (AvgIpc) is 2.96. The lowest BCUT2D eigenvalue weighted by molar-refractivity contribution is 0.102. The Morgan fingerprint density at radius 2 is 2.39 bits per heavy atom. The predicted octanol–water partition coefficient (Wildman–Crippen LogP) is 3.13. The van der Waals surface area contributed by atoms with E-state index in [2.05, 4.69) is 31.5 Å². The Labute approximate surface area is 117 Å². The van der Waals surface area contributed by atoms with Gasteiger partial charge in [0.2, 0.25) is 0 Å². The Morgan fingerprint density at radius 3 is 3.17 bits per heavy atom. The van der Waals surface area contributed by atoms with E-state index in [1.54, 1.807) is 6.20 Å². The first-order valence-electron chi connectivity index (χ1n) is 5.52. The van der Waals surface area contributed by atoms with E-state index in [1.807, 2.05) is 18.2 Å². The highest BCUT2D eigenvalue weighted by molar-refractivity contribution is 9.11. The standard InChI is InChI=1S/C12H10BrN3OS/c13-10-6-15-12(18-10)16-11(17)8-1-2-9-7(5-8)3-4-14-9/h1-2,5-6,14H,3-4H2,(H,15,16,17). The number of nitrogens with one attached hydrogen (secondary N) is 2. The molecule has 0 spiro atoms. The van der Waals surface area contributed by atoms with Gasteiger partial charge in [-0.1, -0.05) is 11.3 Å². The van der Waals surface area contributed by atoms with E-state index in [9.17, 15) is 4.79 Å². The molecule has 0 bridgehead atoms. The second-order valence-corrected chi connectivity index (χ2v) is 6.38. The second kappa shape index (κ2) is 4.70. The van der Waals surface area contributed by atoms with Crippen LogP contribution in [-0.2, 0) is 6.42 Å². The molecule has 4 nitrogen and oxygen atoms in total. The van der Waals surface area contributed by atoms with Gasteiger partial charge in [-0.2, -0.15) is 0 Å². The van der Waals surface area contributed by atoms with E-state index in [-0.39, 0.29) is 5.91 Å². The zero-order valence-electron chi connectivity index (χ0n) is 9.37. The van der Waals surface area contributed by atoms with E-state index < -0.39 is 0 Å². The number of carbonyl (C=O) groups excluding carboxylic acids is 1. The molecule has 2 heterocycles. The summed E-state index contributed by atoms with van der Waals surface area (Å²) < 4.78 is 0.899. The quantitative estimate of drug-likeness (QED) is 0.892. The van der Waals surface area contributed by atoms with Crippen molar-refractivity contribution in [2.75, 3.05) is 17.2 Å². The molecule has 0 atom stereocenters. The van der Waals surface area contributed by atoms with Gasteiger partial charge in [-0.3, -0.25) is 10.1 Å². The molecule has 0 saturated carbocycles. The summed E-state index contributed by atoms with van der Waals surface area (Å²) in [5.74, 6) is -0.119. The highest BCUT2D eigenvalue weighted by atomic mass is 79.9. The summed E-state index contributed by atoms with van der Waals surface area (Å²) in [6.45, 7) is 0.944. The van der Waals surface area contributed by atoms with Crippen molar-refractivity contribution in [3.8, 4) is 0 Å². The zero-order chi connectivity index (χ0) is 12.5. The summed E-state index contributed by atoms with van der Waals surface area (Å²) in [4.78, 5) is 16.1. The lowest BCUT2D eigenvalue weighted by atomic mass is 10.1. The van der Waals surface area contributed by atoms with Crippen LogP contribution in [0.25, 0.3) is 0 Å². The number of rotatable bonds is 2. The summed E-state index contributed by atoms with van der Waals surface area (Å²) in [5.41, 5.74) is 3.00. The molecule has 2 N–H and O–H groups in total. The third-order valence-corrected chi connectivity index (χ3v) is 4.17. The smallest absolute Gasteiger partial charge is 0.257 e. The van der Waals surface area contributed by atoms with Crippen LogP contribution in [0.4, 0.5) is 10.8 Å². The van der Waals surface area contributed by atoms with Crippen molar-refractivity contribution in [2.24, 2.45) is 0 Å². The molecule has 1 aliphatic heterocycles. The fourth-order valence-electron chi connectivity index (χ4n) is 1.93. The Morgan fingerprint density at radius 1 is 1.50 bits per heavy atom. The molecule has 1 amide bonds. The first kappa shape index (κ1) is 11.7. The van der Waals surface area contributed by atoms with Crippen LogP contribution in [0.15, 0.2) is 28.2 Å². The van der Waals surface area contributed by atoms with Crippen LogP contribution in [0.5, 0.6) is 0 Å². The second-order valence-electron chi connectivity index (χ2n) is 3.97. The zero-order valence-corrected chi connectivity index (χ0v) is 11.8. The van der Waals surface area contributed by atoms with Gasteiger partial charge in [0, 0.05) is 17.8 Å². The Kier molecular flexibility index (Phi) is 3.05. The molecule has 18 heavy (non-hydrogen) atoms. The number of fused-ring (bicyclic) bond motifs is 1. The van der Waals surface area contributed by atoms with Crippen molar-refractivity contribution in [3.63, 3.8) is 0 Å². The Bertz CT molecular complexity index is 611. The van der Waals surface area contributed by atoms with Crippen LogP contribution in [0, 0.1) is 0 Å². The van der Waals surface area contributed by atoms with Gasteiger partial charge in [0.1, 0.15) is 0 Å².